The van der Waals surface area contributed by atoms with E-state index in [0.29, 0.717) is 0 Å². The standard InChI is InChI=1S/C20H21BrN2OS/c21-16-6-4-15(5-7-16)20-18-9-8-17(14-19(18)25-22-20)24-13-2-1-10-23-11-3-12-23/h4-9,14H,1-3,10-13H2. The number of ether oxygens (including phenoxy) is 1. The fraction of sp³-hybridized carbons (Fsp3) is 0.350. The highest BCUT2D eigenvalue weighted by Gasteiger charge is 2.12. The van der Waals surface area contributed by atoms with Gasteiger partial charge in [0, 0.05) is 15.4 Å². The monoisotopic (exact) mass is 416 g/mol. The Morgan fingerprint density at radius 3 is 2.68 bits per heavy atom. The number of unbranched alkanes of at least 4 members (excludes halogenated alkanes) is 1. The maximum Gasteiger partial charge on any atom is 0.120 e. The average Bonchev–Trinajstić information content (AvgIpc) is 3.00. The van der Waals surface area contributed by atoms with E-state index < -0.39 is 0 Å². The Hall–Kier alpha value is -1.43. The molecular weight excluding hydrogens is 396 g/mol. The minimum atomic E-state index is 0.789. The van der Waals surface area contributed by atoms with Crippen molar-refractivity contribution in [2.24, 2.45) is 0 Å². The Balaban J connectivity index is 1.38. The van der Waals surface area contributed by atoms with Crippen molar-refractivity contribution in [1.29, 1.82) is 0 Å². The molecule has 0 N–H and O–H groups in total. The second-order valence-electron chi connectivity index (χ2n) is 6.45. The first-order valence-electron chi connectivity index (χ1n) is 8.80. The maximum absolute atomic E-state index is 5.93. The van der Waals surface area contributed by atoms with Gasteiger partial charge in [-0.2, -0.15) is 4.37 Å². The molecule has 1 saturated heterocycles. The van der Waals surface area contributed by atoms with Gasteiger partial charge in [-0.05, 0) is 80.8 Å². The van der Waals surface area contributed by atoms with Crippen LogP contribution in [0.5, 0.6) is 5.75 Å². The van der Waals surface area contributed by atoms with Gasteiger partial charge < -0.3 is 9.64 Å². The number of nitrogens with zero attached hydrogens (tertiary/aromatic N) is 2. The summed E-state index contributed by atoms with van der Waals surface area (Å²) in [6.45, 7) is 4.57. The zero-order chi connectivity index (χ0) is 17.1. The van der Waals surface area contributed by atoms with Gasteiger partial charge in [-0.25, -0.2) is 0 Å². The van der Waals surface area contributed by atoms with Crippen molar-refractivity contribution < 1.29 is 4.74 Å². The lowest BCUT2D eigenvalue weighted by Crippen LogP contribution is -2.37. The van der Waals surface area contributed by atoms with E-state index in [4.69, 9.17) is 4.74 Å². The number of benzene rings is 2. The molecule has 4 rings (SSSR count). The zero-order valence-corrected chi connectivity index (χ0v) is 16.5. The van der Waals surface area contributed by atoms with Crippen molar-refractivity contribution >= 4 is 37.5 Å². The molecule has 0 bridgehead atoms. The highest BCUT2D eigenvalue weighted by molar-refractivity contribution is 9.10. The SMILES string of the molecule is Brc1ccc(-c2nsc3cc(OCCCCN4CCC4)ccc23)cc1. The second kappa shape index (κ2) is 7.85. The maximum atomic E-state index is 5.93. The Kier molecular flexibility index (Phi) is 5.34. The molecule has 3 aromatic rings. The lowest BCUT2D eigenvalue weighted by Gasteiger charge is -2.30. The molecule has 1 aromatic heterocycles. The summed E-state index contributed by atoms with van der Waals surface area (Å²) in [4.78, 5) is 2.51. The number of rotatable bonds is 7. The van der Waals surface area contributed by atoms with Gasteiger partial charge >= 0.3 is 0 Å². The van der Waals surface area contributed by atoms with Crippen molar-refractivity contribution in [3.8, 4) is 17.0 Å². The van der Waals surface area contributed by atoms with Crippen LogP contribution in [0.15, 0.2) is 46.9 Å². The molecule has 3 nitrogen and oxygen atoms in total. The first-order valence-corrected chi connectivity index (χ1v) is 10.4. The van der Waals surface area contributed by atoms with E-state index in [2.05, 4.69) is 67.7 Å². The van der Waals surface area contributed by atoms with Crippen LogP contribution in [0.1, 0.15) is 19.3 Å². The highest BCUT2D eigenvalue weighted by Crippen LogP contribution is 2.33. The number of halogens is 1. The summed E-state index contributed by atoms with van der Waals surface area (Å²) < 4.78 is 12.8. The minimum Gasteiger partial charge on any atom is -0.494 e. The van der Waals surface area contributed by atoms with Gasteiger partial charge in [0.25, 0.3) is 0 Å². The second-order valence-corrected chi connectivity index (χ2v) is 8.17. The van der Waals surface area contributed by atoms with Crippen molar-refractivity contribution in [1.82, 2.24) is 9.27 Å². The molecule has 0 saturated carbocycles. The summed E-state index contributed by atoms with van der Waals surface area (Å²) in [7, 11) is 0. The van der Waals surface area contributed by atoms with E-state index in [1.807, 2.05) is 0 Å². The fourth-order valence-corrected chi connectivity index (χ4v) is 4.15. The molecule has 5 heteroatoms. The molecule has 0 aliphatic carbocycles. The topological polar surface area (TPSA) is 25.4 Å². The van der Waals surface area contributed by atoms with Crippen LogP contribution in [0.3, 0.4) is 0 Å². The fourth-order valence-electron chi connectivity index (χ4n) is 3.06. The molecular formula is C20H21BrN2OS. The molecule has 1 aliphatic heterocycles. The third-order valence-electron chi connectivity index (χ3n) is 4.65. The van der Waals surface area contributed by atoms with E-state index >= 15 is 0 Å². The molecule has 2 heterocycles. The molecule has 0 amide bonds. The number of hydrogen-bond donors (Lipinski definition) is 0. The summed E-state index contributed by atoms with van der Waals surface area (Å²) in [6, 6.07) is 14.6. The van der Waals surface area contributed by atoms with Crippen LogP contribution in [0.4, 0.5) is 0 Å². The van der Waals surface area contributed by atoms with Gasteiger partial charge in [-0.15, -0.1) is 0 Å². The predicted octanol–water partition coefficient (Wildman–Crippen LogP) is 5.59. The number of fused-ring (bicyclic) bond motifs is 1. The predicted molar refractivity (Wildman–Crippen MR) is 109 cm³/mol. The summed E-state index contributed by atoms with van der Waals surface area (Å²) in [5, 5.41) is 1.19. The molecule has 2 aromatic carbocycles. The highest BCUT2D eigenvalue weighted by atomic mass is 79.9. The van der Waals surface area contributed by atoms with Crippen LogP contribution in [-0.2, 0) is 0 Å². The normalized spacial score (nSPS) is 14.6. The molecule has 1 fully saturated rings. The number of hydrogen-bond acceptors (Lipinski definition) is 4. The summed E-state index contributed by atoms with van der Waals surface area (Å²) in [6.07, 6.45) is 3.70. The number of likely N-dealkylation sites (tertiary alicyclic amines) is 1. The van der Waals surface area contributed by atoms with Gasteiger partial charge in [-0.1, -0.05) is 28.1 Å². The van der Waals surface area contributed by atoms with Crippen molar-refractivity contribution in [2.45, 2.75) is 19.3 Å². The van der Waals surface area contributed by atoms with E-state index in [0.717, 1.165) is 34.5 Å². The molecule has 25 heavy (non-hydrogen) atoms. The molecule has 0 atom stereocenters. The van der Waals surface area contributed by atoms with Gasteiger partial charge in [-0.3, -0.25) is 0 Å². The summed E-state index contributed by atoms with van der Waals surface area (Å²) in [5.74, 6) is 0.947. The van der Waals surface area contributed by atoms with E-state index in [1.165, 1.54) is 54.1 Å². The van der Waals surface area contributed by atoms with Crippen molar-refractivity contribution in [2.75, 3.05) is 26.2 Å². The van der Waals surface area contributed by atoms with Gasteiger partial charge in [0.2, 0.25) is 0 Å². The zero-order valence-electron chi connectivity index (χ0n) is 14.1. The summed E-state index contributed by atoms with van der Waals surface area (Å²) >= 11 is 5.02. The quantitative estimate of drug-likeness (QED) is 0.469. The van der Waals surface area contributed by atoms with Gasteiger partial charge in [0.05, 0.1) is 17.0 Å². The third kappa shape index (κ3) is 4.05. The van der Waals surface area contributed by atoms with Crippen LogP contribution in [0.25, 0.3) is 21.3 Å². The molecule has 0 unspecified atom stereocenters. The van der Waals surface area contributed by atoms with Crippen LogP contribution in [0.2, 0.25) is 0 Å². The lowest BCUT2D eigenvalue weighted by atomic mass is 10.1. The Labute approximate surface area is 160 Å². The Morgan fingerprint density at radius 2 is 1.92 bits per heavy atom. The van der Waals surface area contributed by atoms with E-state index in [9.17, 15) is 0 Å². The first-order chi connectivity index (χ1) is 12.3. The molecule has 1 aliphatic rings. The van der Waals surface area contributed by atoms with Gasteiger partial charge in [0.1, 0.15) is 5.75 Å². The Morgan fingerprint density at radius 1 is 1.08 bits per heavy atom. The molecule has 0 spiro atoms. The van der Waals surface area contributed by atoms with Crippen molar-refractivity contribution in [3.63, 3.8) is 0 Å². The average molecular weight is 417 g/mol. The summed E-state index contributed by atoms with van der Waals surface area (Å²) in [5.41, 5.74) is 2.20. The van der Waals surface area contributed by atoms with Crippen LogP contribution >= 0.6 is 27.5 Å². The Bertz CT molecular complexity index is 843. The molecule has 0 radical (unpaired) electrons. The number of aromatic nitrogens is 1. The van der Waals surface area contributed by atoms with E-state index in [1.54, 1.807) is 0 Å². The third-order valence-corrected chi connectivity index (χ3v) is 5.98. The van der Waals surface area contributed by atoms with Crippen molar-refractivity contribution in [3.05, 3.63) is 46.9 Å². The van der Waals surface area contributed by atoms with E-state index in [-0.39, 0.29) is 0 Å². The van der Waals surface area contributed by atoms with Crippen LogP contribution in [0, 0.1) is 0 Å². The first kappa shape index (κ1) is 17.0. The van der Waals surface area contributed by atoms with Crippen LogP contribution < -0.4 is 4.74 Å². The molecule has 130 valence electrons. The van der Waals surface area contributed by atoms with Crippen LogP contribution in [-0.4, -0.2) is 35.5 Å². The lowest BCUT2D eigenvalue weighted by molar-refractivity contribution is 0.173. The van der Waals surface area contributed by atoms with Gasteiger partial charge in [0.15, 0.2) is 0 Å². The smallest absolute Gasteiger partial charge is 0.120 e. The minimum absolute atomic E-state index is 0.789. The largest absolute Gasteiger partial charge is 0.494 e.